The van der Waals surface area contributed by atoms with Crippen LogP contribution in [-0.2, 0) is 9.47 Å². The number of aliphatic hydroxyl groups is 1. The van der Waals surface area contributed by atoms with Crippen molar-refractivity contribution < 1.29 is 24.1 Å². The third-order valence-electron chi connectivity index (χ3n) is 5.62. The van der Waals surface area contributed by atoms with Gasteiger partial charge in [0.1, 0.15) is 24.3 Å². The highest BCUT2D eigenvalue weighted by Crippen LogP contribution is 2.33. The lowest BCUT2D eigenvalue weighted by atomic mass is 9.63. The molecule has 3 aliphatic rings. The number of rotatable bonds is 3. The molecule has 2 N–H and O–H groups in total. The first-order valence-electron chi connectivity index (χ1n) is 9.51. The molecular weight excluding hydrogens is 396 g/mol. The van der Waals surface area contributed by atoms with Crippen LogP contribution in [0.4, 0.5) is 0 Å². The fraction of sp³-hybridized carbons (Fsp3) is 0.368. The Bertz CT molecular complexity index is 1070. The van der Waals surface area contributed by atoms with E-state index in [0.29, 0.717) is 29.7 Å². The highest BCUT2D eigenvalue weighted by Gasteiger charge is 2.48. The van der Waals surface area contributed by atoms with Crippen molar-refractivity contribution in [2.45, 2.75) is 30.4 Å². The molecule has 3 aliphatic heterocycles. The number of nitrogens with one attached hydrogen (secondary N) is 1. The van der Waals surface area contributed by atoms with E-state index in [1.54, 1.807) is 0 Å². The number of halogens is 1. The van der Waals surface area contributed by atoms with Crippen molar-refractivity contribution in [3.63, 3.8) is 0 Å². The average Bonchev–Trinajstić information content (AvgIpc) is 3.47. The zero-order valence-electron chi connectivity index (χ0n) is 15.2. The summed E-state index contributed by atoms with van der Waals surface area (Å²) in [4.78, 5) is 12.1. The largest absolute Gasteiger partial charge is 0.477 e. The molecule has 2 saturated heterocycles. The van der Waals surface area contributed by atoms with E-state index in [1.807, 2.05) is 36.4 Å². The second-order valence-electron chi connectivity index (χ2n) is 7.47. The van der Waals surface area contributed by atoms with E-state index in [9.17, 15) is 5.11 Å². The minimum absolute atomic E-state index is 0.251. The lowest BCUT2D eigenvalue weighted by molar-refractivity contribution is 0.00706. The highest BCUT2D eigenvalue weighted by atomic mass is 35.5. The molecule has 2 aromatic heterocycles. The fourth-order valence-corrected chi connectivity index (χ4v) is 4.53. The molecule has 6 rings (SSSR count). The van der Waals surface area contributed by atoms with Gasteiger partial charge in [-0.15, -0.1) is 0 Å². The predicted molar refractivity (Wildman–Crippen MR) is 105 cm³/mol. The molecule has 10 heteroatoms. The summed E-state index contributed by atoms with van der Waals surface area (Å²) in [6.07, 6.45) is -1.98. The second kappa shape index (κ2) is 6.60. The second-order valence-corrected chi connectivity index (χ2v) is 7.94. The van der Waals surface area contributed by atoms with Crippen LogP contribution in [0.15, 0.2) is 36.4 Å². The number of pyridine rings is 1. The Morgan fingerprint density at radius 2 is 1.97 bits per heavy atom. The summed E-state index contributed by atoms with van der Waals surface area (Å²) in [7, 11) is 0. The summed E-state index contributed by atoms with van der Waals surface area (Å²) in [6, 6.07) is 11.8. The SMILES string of the molecule is O[C@@H]1CO[C@H]2[C@@H]1OC[C@H]2Oc1nc2nc3c(cc2[nH]1)B(Cl)C(c1ccccc1)O3. The number of aromatic amines is 1. The van der Waals surface area contributed by atoms with Crippen LogP contribution in [0.1, 0.15) is 11.6 Å². The molecule has 8 nitrogen and oxygen atoms in total. The Balaban J connectivity index is 1.25. The Kier molecular flexibility index (Phi) is 3.99. The maximum Gasteiger partial charge on any atom is 0.339 e. The number of nitrogens with zero attached hydrogens (tertiary/aromatic N) is 2. The van der Waals surface area contributed by atoms with Crippen molar-refractivity contribution in [3.05, 3.63) is 42.0 Å². The van der Waals surface area contributed by atoms with Crippen molar-refractivity contribution >= 4 is 34.2 Å². The molecule has 29 heavy (non-hydrogen) atoms. The van der Waals surface area contributed by atoms with Gasteiger partial charge in [0.05, 0.1) is 18.7 Å². The van der Waals surface area contributed by atoms with Crippen LogP contribution in [0, 0.1) is 0 Å². The smallest absolute Gasteiger partial charge is 0.339 e. The van der Waals surface area contributed by atoms with E-state index >= 15 is 0 Å². The number of aliphatic hydroxyl groups excluding tert-OH is 1. The van der Waals surface area contributed by atoms with Gasteiger partial charge in [-0.1, -0.05) is 30.3 Å². The maximum atomic E-state index is 9.86. The van der Waals surface area contributed by atoms with Gasteiger partial charge in [0.25, 0.3) is 6.01 Å². The van der Waals surface area contributed by atoms with Crippen LogP contribution in [-0.4, -0.2) is 63.8 Å². The van der Waals surface area contributed by atoms with Gasteiger partial charge < -0.3 is 29.0 Å². The predicted octanol–water partition coefficient (Wildman–Crippen LogP) is 0.974. The van der Waals surface area contributed by atoms with Gasteiger partial charge in [-0.2, -0.15) is 21.4 Å². The fourth-order valence-electron chi connectivity index (χ4n) is 4.18. The van der Waals surface area contributed by atoms with Gasteiger partial charge in [0.2, 0.25) is 5.88 Å². The first-order valence-corrected chi connectivity index (χ1v) is 9.95. The van der Waals surface area contributed by atoms with Crippen molar-refractivity contribution in [2.24, 2.45) is 0 Å². The number of imidazole rings is 1. The lowest BCUT2D eigenvalue weighted by Gasteiger charge is -2.15. The van der Waals surface area contributed by atoms with Crippen molar-refractivity contribution in [1.82, 2.24) is 15.0 Å². The van der Waals surface area contributed by atoms with Crippen molar-refractivity contribution in [3.8, 4) is 11.9 Å². The van der Waals surface area contributed by atoms with Crippen molar-refractivity contribution in [2.75, 3.05) is 13.2 Å². The minimum atomic E-state index is -0.621. The summed E-state index contributed by atoms with van der Waals surface area (Å²) in [5.41, 5.74) is 3.01. The lowest BCUT2D eigenvalue weighted by Crippen LogP contribution is -2.34. The molecule has 0 amide bonds. The van der Waals surface area contributed by atoms with Crippen LogP contribution in [0.2, 0.25) is 0 Å². The Morgan fingerprint density at radius 1 is 1.14 bits per heavy atom. The summed E-state index contributed by atoms with van der Waals surface area (Å²) in [5.74, 6) is 0.482. The van der Waals surface area contributed by atoms with Gasteiger partial charge >= 0.3 is 6.13 Å². The number of hydrogen-bond acceptors (Lipinski definition) is 7. The molecule has 0 radical (unpaired) electrons. The molecular formula is C19H17BClN3O5. The highest BCUT2D eigenvalue weighted by molar-refractivity contribution is 7.15. The number of H-pyrrole nitrogens is 1. The van der Waals surface area contributed by atoms with E-state index in [-0.39, 0.29) is 37.1 Å². The summed E-state index contributed by atoms with van der Waals surface area (Å²) < 4.78 is 23.1. The molecule has 0 spiro atoms. The summed E-state index contributed by atoms with van der Waals surface area (Å²) in [6.45, 7) is 0.583. The molecule has 1 unspecified atom stereocenters. The molecule has 3 aromatic rings. The Morgan fingerprint density at radius 3 is 2.83 bits per heavy atom. The van der Waals surface area contributed by atoms with Gasteiger partial charge in [0, 0.05) is 5.46 Å². The Labute approximate surface area is 171 Å². The monoisotopic (exact) mass is 413 g/mol. The van der Waals surface area contributed by atoms with E-state index in [0.717, 1.165) is 11.0 Å². The zero-order chi connectivity index (χ0) is 19.5. The van der Waals surface area contributed by atoms with E-state index in [4.69, 9.17) is 30.4 Å². The van der Waals surface area contributed by atoms with E-state index in [2.05, 4.69) is 15.0 Å². The van der Waals surface area contributed by atoms with Gasteiger partial charge in [-0.05, 0) is 11.6 Å². The number of fused-ring (bicyclic) bond motifs is 3. The van der Waals surface area contributed by atoms with Gasteiger partial charge in [0.15, 0.2) is 11.8 Å². The molecule has 0 aliphatic carbocycles. The number of hydrogen-bond donors (Lipinski definition) is 2. The van der Waals surface area contributed by atoms with Crippen LogP contribution < -0.4 is 14.9 Å². The first-order chi connectivity index (χ1) is 14.2. The van der Waals surface area contributed by atoms with E-state index in [1.165, 1.54) is 0 Å². The third-order valence-corrected chi connectivity index (χ3v) is 6.08. The summed E-state index contributed by atoms with van der Waals surface area (Å²) >= 11 is 6.68. The van der Waals surface area contributed by atoms with Crippen LogP contribution >= 0.6 is 11.5 Å². The standard InChI is InChI=1S/C19H17BClN3O5/c21-20-10-6-11-17(23-18(10)29-16(20)9-4-2-1-3-5-9)24-19(22-11)28-13-8-27-14-12(25)7-26-15(13)14/h1-6,12-16,25H,7-8H2,(H,22,23,24)/t12-,13-,14-,15-,16?/m1/s1. The molecule has 2 fully saturated rings. The minimum Gasteiger partial charge on any atom is -0.477 e. The average molecular weight is 414 g/mol. The van der Waals surface area contributed by atoms with Crippen LogP contribution in [0.3, 0.4) is 0 Å². The number of ether oxygens (including phenoxy) is 4. The van der Waals surface area contributed by atoms with Crippen LogP contribution in [0.25, 0.3) is 11.2 Å². The third kappa shape index (κ3) is 2.80. The van der Waals surface area contributed by atoms with E-state index < -0.39 is 6.10 Å². The molecule has 148 valence electrons. The Hall–Kier alpha value is -2.33. The zero-order valence-corrected chi connectivity index (χ0v) is 16.0. The number of benzene rings is 1. The quantitative estimate of drug-likeness (QED) is 0.617. The number of aromatic nitrogens is 3. The summed E-state index contributed by atoms with van der Waals surface area (Å²) in [5, 5.41) is 9.86. The van der Waals surface area contributed by atoms with Gasteiger partial charge in [-0.3, -0.25) is 0 Å². The van der Waals surface area contributed by atoms with Crippen LogP contribution in [0.5, 0.6) is 11.9 Å². The maximum absolute atomic E-state index is 9.86. The molecule has 5 atom stereocenters. The normalized spacial score (nSPS) is 30.4. The van der Waals surface area contributed by atoms with Gasteiger partial charge in [-0.25, -0.2) is 0 Å². The molecule has 1 aromatic carbocycles. The topological polar surface area (TPSA) is 98.7 Å². The molecule has 5 heterocycles. The first kappa shape index (κ1) is 17.5. The molecule has 0 saturated carbocycles. The van der Waals surface area contributed by atoms with Crippen molar-refractivity contribution in [1.29, 1.82) is 0 Å². The molecule has 0 bridgehead atoms.